The average Bonchev–Trinajstić information content (AvgIpc) is 3.08. The van der Waals surface area contributed by atoms with Crippen molar-refractivity contribution in [3.05, 3.63) is 21.4 Å². The van der Waals surface area contributed by atoms with E-state index in [0.717, 1.165) is 32.1 Å². The Kier molecular flexibility index (Phi) is 7.06. The quantitative estimate of drug-likeness (QED) is 0.709. The number of carbonyl (C=O) groups excluding carboxylic acids is 3. The Morgan fingerprint density at radius 1 is 1.17 bits per heavy atom. The van der Waals surface area contributed by atoms with Crippen molar-refractivity contribution >= 4 is 29.2 Å². The average molecular weight is 436 g/mol. The summed E-state index contributed by atoms with van der Waals surface area (Å²) in [5.74, 6) is 0.393. The number of hydrogen-bond acceptors (Lipinski definition) is 5. The molecule has 1 fully saturated rings. The van der Waals surface area contributed by atoms with Gasteiger partial charge in [0.1, 0.15) is 5.60 Å². The first-order chi connectivity index (χ1) is 14.1. The maximum absolute atomic E-state index is 12.4. The van der Waals surface area contributed by atoms with Crippen molar-refractivity contribution in [3.63, 3.8) is 0 Å². The van der Waals surface area contributed by atoms with Gasteiger partial charge in [-0.1, -0.05) is 6.92 Å². The number of thiophene rings is 1. The smallest absolute Gasteiger partial charge is 0.410 e. The molecule has 1 aliphatic heterocycles. The van der Waals surface area contributed by atoms with Crippen LogP contribution in [0.3, 0.4) is 0 Å². The fourth-order valence-corrected chi connectivity index (χ4v) is 5.07. The van der Waals surface area contributed by atoms with Crippen LogP contribution in [-0.4, -0.2) is 41.5 Å². The number of nitrogens with one attached hydrogen (secondary N) is 2. The van der Waals surface area contributed by atoms with Gasteiger partial charge in [-0.2, -0.15) is 0 Å². The lowest BCUT2D eigenvalue weighted by Crippen LogP contribution is -2.44. The zero-order valence-corrected chi connectivity index (χ0v) is 19.2. The van der Waals surface area contributed by atoms with Crippen LogP contribution in [0.25, 0.3) is 0 Å². The van der Waals surface area contributed by atoms with Gasteiger partial charge in [-0.3, -0.25) is 20.4 Å². The number of hydrazine groups is 1. The molecule has 2 N–H and O–H groups in total. The second-order valence-electron chi connectivity index (χ2n) is 9.52. The molecular formula is C22H33N3O4S. The Morgan fingerprint density at radius 2 is 1.87 bits per heavy atom. The lowest BCUT2D eigenvalue weighted by molar-refractivity contribution is -0.123. The van der Waals surface area contributed by atoms with E-state index in [1.165, 1.54) is 21.8 Å². The standard InChI is InChI=1S/C22H33N3O4S/c1-14-5-6-17-16(11-14)13-18(30-17)20(27)24-23-19(26)12-15-7-9-25(10-8-15)21(28)29-22(2,3)4/h13-15H,5-12H2,1-4H3,(H,23,26)(H,24,27). The SMILES string of the molecule is CC1CCc2sc(C(=O)NNC(=O)CC3CCN(C(=O)OC(C)(C)C)CC3)cc2C1. The van der Waals surface area contributed by atoms with Crippen LogP contribution < -0.4 is 10.9 Å². The summed E-state index contributed by atoms with van der Waals surface area (Å²) < 4.78 is 5.40. The highest BCUT2D eigenvalue weighted by Gasteiger charge is 2.28. The summed E-state index contributed by atoms with van der Waals surface area (Å²) in [6.07, 6.45) is 4.74. The van der Waals surface area contributed by atoms with Gasteiger partial charge in [0.2, 0.25) is 5.91 Å². The van der Waals surface area contributed by atoms with Gasteiger partial charge >= 0.3 is 6.09 Å². The lowest BCUT2D eigenvalue weighted by Gasteiger charge is -2.33. The minimum atomic E-state index is -0.508. The van der Waals surface area contributed by atoms with Crippen LogP contribution >= 0.6 is 11.3 Å². The summed E-state index contributed by atoms with van der Waals surface area (Å²) >= 11 is 1.53. The minimum absolute atomic E-state index is 0.191. The van der Waals surface area contributed by atoms with Crippen molar-refractivity contribution in [3.8, 4) is 0 Å². The molecule has 30 heavy (non-hydrogen) atoms. The molecule has 0 bridgehead atoms. The van der Waals surface area contributed by atoms with E-state index in [1.807, 2.05) is 26.8 Å². The van der Waals surface area contributed by atoms with Crippen LogP contribution in [0.1, 0.15) is 73.5 Å². The number of amides is 3. The molecule has 0 radical (unpaired) electrons. The highest BCUT2D eigenvalue weighted by atomic mass is 32.1. The first-order valence-electron chi connectivity index (χ1n) is 10.8. The van der Waals surface area contributed by atoms with Crippen molar-refractivity contribution in [2.24, 2.45) is 11.8 Å². The van der Waals surface area contributed by atoms with Gasteiger partial charge in [0.05, 0.1) is 4.88 Å². The first kappa shape index (κ1) is 22.6. The van der Waals surface area contributed by atoms with E-state index in [9.17, 15) is 14.4 Å². The number of likely N-dealkylation sites (tertiary alicyclic amines) is 1. The fourth-order valence-electron chi connectivity index (χ4n) is 3.97. The largest absolute Gasteiger partial charge is 0.444 e. The molecule has 166 valence electrons. The number of nitrogens with zero attached hydrogens (tertiary/aromatic N) is 1. The van der Waals surface area contributed by atoms with E-state index in [2.05, 4.69) is 17.8 Å². The molecule has 8 heteroatoms. The molecule has 7 nitrogen and oxygen atoms in total. The Labute approximate surface area is 182 Å². The van der Waals surface area contributed by atoms with Gasteiger partial charge in [-0.25, -0.2) is 4.79 Å². The molecule has 0 spiro atoms. The normalized spacial score (nSPS) is 19.7. The molecular weight excluding hydrogens is 402 g/mol. The Bertz CT molecular complexity index is 791. The highest BCUT2D eigenvalue weighted by molar-refractivity contribution is 7.14. The molecule has 2 heterocycles. The minimum Gasteiger partial charge on any atom is -0.444 e. The van der Waals surface area contributed by atoms with Gasteiger partial charge in [0, 0.05) is 24.4 Å². The third-order valence-corrected chi connectivity index (χ3v) is 6.84. The van der Waals surface area contributed by atoms with Crippen molar-refractivity contribution in [2.45, 2.75) is 71.8 Å². The first-order valence-corrected chi connectivity index (χ1v) is 11.6. The number of rotatable bonds is 3. The van der Waals surface area contributed by atoms with Gasteiger partial charge in [0.15, 0.2) is 0 Å². The van der Waals surface area contributed by atoms with Gasteiger partial charge < -0.3 is 9.64 Å². The summed E-state index contributed by atoms with van der Waals surface area (Å²) in [6, 6.07) is 1.96. The van der Waals surface area contributed by atoms with E-state index in [-0.39, 0.29) is 23.8 Å². The Hall–Kier alpha value is -2.09. The second-order valence-corrected chi connectivity index (χ2v) is 10.7. The van der Waals surface area contributed by atoms with E-state index >= 15 is 0 Å². The van der Waals surface area contributed by atoms with Crippen LogP contribution in [0.5, 0.6) is 0 Å². The highest BCUT2D eigenvalue weighted by Crippen LogP contribution is 2.32. The maximum Gasteiger partial charge on any atom is 0.410 e. The molecule has 1 aromatic heterocycles. The van der Waals surface area contributed by atoms with Crippen LogP contribution in [-0.2, 0) is 22.4 Å². The van der Waals surface area contributed by atoms with E-state index in [1.54, 1.807) is 4.90 Å². The molecule has 1 aliphatic carbocycles. The zero-order chi connectivity index (χ0) is 21.9. The summed E-state index contributed by atoms with van der Waals surface area (Å²) in [4.78, 5) is 40.4. The van der Waals surface area contributed by atoms with Gasteiger partial charge in [0.25, 0.3) is 5.91 Å². The number of carbonyl (C=O) groups is 3. The van der Waals surface area contributed by atoms with Crippen molar-refractivity contribution in [1.29, 1.82) is 0 Å². The number of hydrogen-bond donors (Lipinski definition) is 2. The second kappa shape index (κ2) is 9.37. The molecule has 1 unspecified atom stereocenters. The third kappa shape index (κ3) is 6.20. The summed E-state index contributed by atoms with van der Waals surface area (Å²) in [6.45, 7) is 8.95. The summed E-state index contributed by atoms with van der Waals surface area (Å²) in [5.41, 5.74) is 5.86. The molecule has 2 aliphatic rings. The predicted molar refractivity (Wildman–Crippen MR) is 116 cm³/mol. The molecule has 0 aromatic carbocycles. The van der Waals surface area contributed by atoms with Gasteiger partial charge in [-0.15, -0.1) is 11.3 Å². The fraction of sp³-hybridized carbons (Fsp3) is 0.682. The number of piperidine rings is 1. The zero-order valence-electron chi connectivity index (χ0n) is 18.4. The lowest BCUT2D eigenvalue weighted by atomic mass is 9.90. The molecule has 3 amide bonds. The van der Waals surface area contributed by atoms with Crippen LogP contribution in [0.2, 0.25) is 0 Å². The van der Waals surface area contributed by atoms with Crippen molar-refractivity contribution < 1.29 is 19.1 Å². The van der Waals surface area contributed by atoms with Crippen molar-refractivity contribution in [1.82, 2.24) is 15.8 Å². The van der Waals surface area contributed by atoms with E-state index in [0.29, 0.717) is 30.3 Å². The molecule has 0 saturated carbocycles. The molecule has 1 atom stereocenters. The molecule has 1 aromatic rings. The van der Waals surface area contributed by atoms with E-state index < -0.39 is 5.60 Å². The molecule has 1 saturated heterocycles. The number of aryl methyl sites for hydroxylation is 1. The summed E-state index contributed by atoms with van der Waals surface area (Å²) in [5, 5.41) is 0. The summed E-state index contributed by atoms with van der Waals surface area (Å²) in [7, 11) is 0. The van der Waals surface area contributed by atoms with Crippen LogP contribution in [0.4, 0.5) is 4.79 Å². The Morgan fingerprint density at radius 3 is 2.53 bits per heavy atom. The predicted octanol–water partition coefficient (Wildman–Crippen LogP) is 3.67. The number of ether oxygens (including phenoxy) is 1. The van der Waals surface area contributed by atoms with Crippen LogP contribution in [0, 0.1) is 11.8 Å². The van der Waals surface area contributed by atoms with Gasteiger partial charge in [-0.05, 0) is 76.3 Å². The van der Waals surface area contributed by atoms with Crippen LogP contribution in [0.15, 0.2) is 6.07 Å². The van der Waals surface area contributed by atoms with E-state index in [4.69, 9.17) is 4.74 Å². The third-order valence-electron chi connectivity index (χ3n) is 5.61. The molecule has 3 rings (SSSR count). The monoisotopic (exact) mass is 435 g/mol. The van der Waals surface area contributed by atoms with Crippen molar-refractivity contribution in [2.75, 3.05) is 13.1 Å². The topological polar surface area (TPSA) is 87.7 Å². The Balaban J connectivity index is 1.39. The maximum atomic E-state index is 12.4. The number of fused-ring (bicyclic) bond motifs is 1.